The number of nitrogens with zero attached hydrogens (tertiary/aromatic N) is 3. The van der Waals surface area contributed by atoms with Gasteiger partial charge in [-0.3, -0.25) is 24.0 Å². The van der Waals surface area contributed by atoms with Gasteiger partial charge in [0.05, 0.1) is 0 Å². The van der Waals surface area contributed by atoms with E-state index in [-0.39, 0.29) is 31.2 Å². The van der Waals surface area contributed by atoms with Crippen LogP contribution in [0.4, 0.5) is 14.9 Å². The molecule has 306 valence electrons. The van der Waals surface area contributed by atoms with E-state index in [2.05, 4.69) is 21.3 Å². The van der Waals surface area contributed by atoms with Crippen molar-refractivity contribution in [2.24, 2.45) is 5.92 Å². The lowest BCUT2D eigenvalue weighted by Gasteiger charge is -2.39. The molecule has 0 unspecified atom stereocenters. The molecule has 6 rings (SSSR count). The van der Waals surface area contributed by atoms with Gasteiger partial charge in [0.1, 0.15) is 48.6 Å². The zero-order valence-corrected chi connectivity index (χ0v) is 32.1. The molecule has 0 spiro atoms. The first-order chi connectivity index (χ1) is 27.4. The van der Waals surface area contributed by atoms with E-state index in [1.165, 1.54) is 39.0 Å². The molecule has 0 aromatic heterocycles. The number of carbonyl (C=O) groups is 7. The lowest BCUT2D eigenvalue weighted by atomic mass is 9.99. The van der Waals surface area contributed by atoms with E-state index < -0.39 is 91.3 Å². The summed E-state index contributed by atoms with van der Waals surface area (Å²) < 4.78 is 23.1. The monoisotopic (exact) mass is 791 g/mol. The Labute approximate surface area is 330 Å². The minimum Gasteiger partial charge on any atom is -0.463 e. The Hall–Kier alpha value is -5.74. The van der Waals surface area contributed by atoms with Gasteiger partial charge in [-0.05, 0) is 81.2 Å². The van der Waals surface area contributed by atoms with Gasteiger partial charge in [0.25, 0.3) is 0 Å². The number of alkyl halides is 1. The van der Waals surface area contributed by atoms with Crippen LogP contribution in [0.5, 0.6) is 5.75 Å². The van der Waals surface area contributed by atoms with Crippen molar-refractivity contribution in [3.05, 3.63) is 60.2 Å². The Bertz CT molecular complexity index is 1820. The van der Waals surface area contributed by atoms with Crippen molar-refractivity contribution < 1.29 is 47.4 Å². The summed E-state index contributed by atoms with van der Waals surface area (Å²) in [5, 5.41) is 10.8. The van der Waals surface area contributed by atoms with Crippen molar-refractivity contribution in [1.82, 2.24) is 30.7 Å². The fourth-order valence-corrected chi connectivity index (χ4v) is 8.07. The average Bonchev–Trinajstić information content (AvgIpc) is 3.86. The first-order valence-corrected chi connectivity index (χ1v) is 19.5. The highest BCUT2D eigenvalue weighted by atomic mass is 19.1. The number of halogens is 1. The summed E-state index contributed by atoms with van der Waals surface area (Å²) in [4.78, 5) is 101. The third kappa shape index (κ3) is 9.81. The van der Waals surface area contributed by atoms with Crippen LogP contribution in [-0.2, 0) is 39.9 Å². The van der Waals surface area contributed by atoms with Crippen LogP contribution < -0.4 is 26.0 Å². The maximum Gasteiger partial charge on any atom is 0.328 e. The van der Waals surface area contributed by atoms with Gasteiger partial charge in [-0.15, -0.1) is 0 Å². The maximum absolute atomic E-state index is 14.5. The number of piperidine rings is 1. The number of fused-ring (bicyclic) bond motifs is 3. The van der Waals surface area contributed by atoms with Crippen LogP contribution in [0.3, 0.4) is 0 Å². The summed E-state index contributed by atoms with van der Waals surface area (Å²) in [7, 11) is 0. The number of urea groups is 1. The summed E-state index contributed by atoms with van der Waals surface area (Å²) in [6.45, 7) is 2.53. The average molecular weight is 792 g/mol. The summed E-state index contributed by atoms with van der Waals surface area (Å²) in [5.41, 5.74) is 1.03. The van der Waals surface area contributed by atoms with Crippen molar-refractivity contribution >= 4 is 47.2 Å². The van der Waals surface area contributed by atoms with Gasteiger partial charge in [-0.25, -0.2) is 14.0 Å². The second kappa shape index (κ2) is 18.5. The van der Waals surface area contributed by atoms with Crippen molar-refractivity contribution in [3.63, 3.8) is 0 Å². The molecule has 2 aromatic rings. The number of hydrogen-bond acceptors (Lipinski definition) is 9. The number of hydrogen-bond donors (Lipinski definition) is 4. The van der Waals surface area contributed by atoms with Gasteiger partial charge in [-0.2, -0.15) is 0 Å². The molecule has 57 heavy (non-hydrogen) atoms. The molecule has 7 atom stereocenters. The lowest BCUT2D eigenvalue weighted by molar-refractivity contribution is -0.158. The third-order valence-electron chi connectivity index (χ3n) is 10.9. The Balaban J connectivity index is 1.28. The molecule has 4 fully saturated rings. The fourth-order valence-electron chi connectivity index (χ4n) is 8.07. The van der Waals surface area contributed by atoms with Gasteiger partial charge in [0.2, 0.25) is 36.4 Å². The summed E-state index contributed by atoms with van der Waals surface area (Å²) >= 11 is 0. The standard InChI is InChI=1S/C40H50FN7O9/c1-24-19-33-39(54)56-22-30(44-34(49)29(20-26-9-4-3-5-10-26)45-40(55)43-27-13-15-28(16-14-27)57-23-41)37(52)47-18-8-12-32(47)38(53)46-17-7-6-11-31(46)35(50)42-25(2)36(51)48(33)21-24/h3-5,9-10,13-16,24-25,29-33H,6-8,11-12,17-23H2,1-2H3,(H,42,50)(H,44,49)(H2,43,45,55)/t24-,25-,29-,30-,31-,32-,33-/m0/s1. The van der Waals surface area contributed by atoms with Crippen molar-refractivity contribution in [2.75, 3.05) is 38.4 Å². The Morgan fingerprint density at radius 1 is 0.860 bits per heavy atom. The van der Waals surface area contributed by atoms with E-state index in [4.69, 9.17) is 9.47 Å². The number of ether oxygens (including phenoxy) is 2. The number of nitrogens with one attached hydrogen (secondary N) is 4. The van der Waals surface area contributed by atoms with Crippen LogP contribution in [-0.4, -0.2) is 126 Å². The summed E-state index contributed by atoms with van der Waals surface area (Å²) in [6, 6.07) is 7.58. The minimum atomic E-state index is -1.48. The molecule has 0 bridgehead atoms. The predicted molar refractivity (Wildman–Crippen MR) is 203 cm³/mol. The molecule has 0 radical (unpaired) electrons. The fraction of sp³-hybridized carbons (Fsp3) is 0.525. The smallest absolute Gasteiger partial charge is 0.328 e. The zero-order chi connectivity index (χ0) is 40.6. The highest BCUT2D eigenvalue weighted by molar-refractivity contribution is 5.98. The van der Waals surface area contributed by atoms with E-state index in [0.29, 0.717) is 56.3 Å². The molecule has 0 aliphatic carbocycles. The first kappa shape index (κ1) is 40.9. The van der Waals surface area contributed by atoms with Gasteiger partial charge in [0.15, 0.2) is 0 Å². The number of anilines is 1. The van der Waals surface area contributed by atoms with E-state index in [0.717, 1.165) is 0 Å². The Morgan fingerprint density at radius 3 is 2.30 bits per heavy atom. The lowest BCUT2D eigenvalue weighted by Crippen LogP contribution is -2.62. The molecule has 4 aliphatic rings. The largest absolute Gasteiger partial charge is 0.463 e. The molecule has 4 N–H and O–H groups in total. The second-order valence-electron chi connectivity index (χ2n) is 15.1. The number of esters is 1. The molecule has 4 saturated heterocycles. The van der Waals surface area contributed by atoms with Gasteiger partial charge < -0.3 is 45.4 Å². The number of benzene rings is 2. The van der Waals surface area contributed by atoms with E-state index in [9.17, 15) is 38.0 Å². The quantitative estimate of drug-likeness (QED) is 0.289. The van der Waals surface area contributed by atoms with Crippen LogP contribution in [0, 0.1) is 5.92 Å². The summed E-state index contributed by atoms with van der Waals surface area (Å²) in [5.74, 6) is -3.39. The number of carbonyl (C=O) groups excluding carboxylic acids is 7. The normalized spacial score (nSPS) is 26.4. The predicted octanol–water partition coefficient (Wildman–Crippen LogP) is 1.88. The van der Waals surface area contributed by atoms with Gasteiger partial charge in [0, 0.05) is 31.7 Å². The molecular weight excluding hydrogens is 741 g/mol. The number of rotatable bonds is 8. The Kier molecular flexibility index (Phi) is 13.3. The highest BCUT2D eigenvalue weighted by Gasteiger charge is 2.46. The molecule has 2 aromatic carbocycles. The molecule has 4 heterocycles. The van der Waals surface area contributed by atoms with Crippen LogP contribution in [0.2, 0.25) is 0 Å². The van der Waals surface area contributed by atoms with Gasteiger partial charge in [-0.1, -0.05) is 37.3 Å². The SMILES string of the molecule is C[C@H]1C[C@H]2C(=O)OC[C@H](NC(=O)[C@H](Cc3ccccc3)NC(=O)Nc3ccc(OCF)cc3)C(=O)N3CCC[C@H]3C(=O)N3CCCC[C@H]3C(=O)N[C@@H](C)C(=O)N2C1. The number of amides is 7. The van der Waals surface area contributed by atoms with Gasteiger partial charge >= 0.3 is 12.0 Å². The van der Waals surface area contributed by atoms with Crippen LogP contribution in [0.15, 0.2) is 54.6 Å². The maximum atomic E-state index is 14.5. The van der Waals surface area contributed by atoms with E-state index >= 15 is 0 Å². The topological polar surface area (TPSA) is 196 Å². The van der Waals surface area contributed by atoms with Crippen LogP contribution in [0.25, 0.3) is 0 Å². The van der Waals surface area contributed by atoms with Crippen LogP contribution in [0.1, 0.15) is 57.9 Å². The van der Waals surface area contributed by atoms with Crippen molar-refractivity contribution in [1.29, 1.82) is 0 Å². The van der Waals surface area contributed by atoms with E-state index in [1.54, 1.807) is 37.3 Å². The molecule has 17 heteroatoms. The van der Waals surface area contributed by atoms with Crippen LogP contribution >= 0.6 is 0 Å². The second-order valence-corrected chi connectivity index (χ2v) is 15.1. The number of cyclic esters (lactones) is 1. The summed E-state index contributed by atoms with van der Waals surface area (Å²) in [6.07, 6.45) is 2.85. The molecule has 7 amide bonds. The first-order valence-electron chi connectivity index (χ1n) is 19.5. The minimum absolute atomic E-state index is 0.0164. The van der Waals surface area contributed by atoms with E-state index in [1.807, 2.05) is 6.92 Å². The molecule has 4 aliphatic heterocycles. The van der Waals surface area contributed by atoms with Crippen molar-refractivity contribution in [2.45, 2.75) is 95.0 Å². The zero-order valence-electron chi connectivity index (χ0n) is 32.1. The molecule has 0 saturated carbocycles. The highest BCUT2D eigenvalue weighted by Crippen LogP contribution is 2.28. The van der Waals surface area contributed by atoms with Crippen molar-refractivity contribution in [3.8, 4) is 5.75 Å². The molecular formula is C40H50FN7O9. The molecule has 16 nitrogen and oxygen atoms in total. The third-order valence-corrected chi connectivity index (χ3v) is 10.9. The Morgan fingerprint density at radius 2 is 1.56 bits per heavy atom.